The van der Waals surface area contributed by atoms with Crippen molar-refractivity contribution in [2.24, 2.45) is 7.05 Å². The van der Waals surface area contributed by atoms with E-state index in [2.05, 4.69) is 5.10 Å². The third kappa shape index (κ3) is 4.33. The molecular formula is C22H27FN4O2. The summed E-state index contributed by atoms with van der Waals surface area (Å²) in [6.45, 7) is 2.91. The fraction of sp³-hybridized carbons (Fsp3) is 0.500. The summed E-state index contributed by atoms with van der Waals surface area (Å²) in [5.41, 5.74) is 3.97. The number of hydrogen-bond donors (Lipinski definition) is 0. The Labute approximate surface area is 170 Å². The summed E-state index contributed by atoms with van der Waals surface area (Å²) in [6.07, 6.45) is 4.28. The lowest BCUT2D eigenvalue weighted by Crippen LogP contribution is -2.37. The van der Waals surface area contributed by atoms with Crippen molar-refractivity contribution in [2.75, 3.05) is 19.6 Å². The Balaban J connectivity index is 1.41. The van der Waals surface area contributed by atoms with Crippen LogP contribution in [0.4, 0.5) is 4.39 Å². The lowest BCUT2D eigenvalue weighted by Gasteiger charge is -2.28. The van der Waals surface area contributed by atoms with Crippen LogP contribution in [0.2, 0.25) is 0 Å². The standard InChI is InChI=1S/C22H27FN4O2/c1-25-20-10-13-27(22(29)14-16-4-6-17(23)7-5-16)15-18(20)19(24-25)8-9-21(28)26-11-2-3-12-26/h4-7H,2-3,8-15H2,1H3. The highest BCUT2D eigenvalue weighted by Crippen LogP contribution is 2.24. The summed E-state index contributed by atoms with van der Waals surface area (Å²) < 4.78 is 15.0. The SMILES string of the molecule is Cn1nc(CCC(=O)N2CCCC2)c2c1CCN(C(=O)Cc1ccc(F)cc1)C2. The molecule has 0 unspecified atom stereocenters. The molecule has 0 N–H and O–H groups in total. The second kappa shape index (κ2) is 8.35. The molecule has 4 rings (SSSR count). The molecule has 0 radical (unpaired) electrons. The summed E-state index contributed by atoms with van der Waals surface area (Å²) in [5.74, 6) is -0.0700. The van der Waals surface area contributed by atoms with Gasteiger partial charge >= 0.3 is 0 Å². The molecule has 0 aliphatic carbocycles. The third-order valence-corrected chi connectivity index (χ3v) is 5.98. The van der Waals surface area contributed by atoms with E-state index in [4.69, 9.17) is 0 Å². The summed E-state index contributed by atoms with van der Waals surface area (Å²) in [6, 6.07) is 6.07. The molecule has 1 aromatic carbocycles. The Morgan fingerprint density at radius 2 is 1.76 bits per heavy atom. The van der Waals surface area contributed by atoms with Gasteiger partial charge in [-0.2, -0.15) is 5.10 Å². The minimum atomic E-state index is -0.299. The highest BCUT2D eigenvalue weighted by molar-refractivity contribution is 5.79. The van der Waals surface area contributed by atoms with Gasteiger partial charge in [0.1, 0.15) is 5.82 Å². The van der Waals surface area contributed by atoms with Crippen LogP contribution < -0.4 is 0 Å². The maximum absolute atomic E-state index is 13.1. The molecule has 29 heavy (non-hydrogen) atoms. The van der Waals surface area contributed by atoms with E-state index in [0.717, 1.165) is 54.9 Å². The third-order valence-electron chi connectivity index (χ3n) is 5.98. The smallest absolute Gasteiger partial charge is 0.227 e. The lowest BCUT2D eigenvalue weighted by atomic mass is 10.0. The summed E-state index contributed by atoms with van der Waals surface area (Å²) in [5, 5.41) is 4.64. The largest absolute Gasteiger partial charge is 0.343 e. The number of fused-ring (bicyclic) bond motifs is 1. The molecule has 2 aromatic rings. The highest BCUT2D eigenvalue weighted by Gasteiger charge is 2.27. The van der Waals surface area contributed by atoms with Gasteiger partial charge in [-0.15, -0.1) is 0 Å². The van der Waals surface area contributed by atoms with Gasteiger partial charge in [-0.05, 0) is 30.5 Å². The van der Waals surface area contributed by atoms with Crippen molar-refractivity contribution < 1.29 is 14.0 Å². The van der Waals surface area contributed by atoms with Crippen LogP contribution in [0.25, 0.3) is 0 Å². The van der Waals surface area contributed by atoms with Crippen molar-refractivity contribution in [2.45, 2.75) is 45.1 Å². The van der Waals surface area contributed by atoms with E-state index >= 15 is 0 Å². The molecule has 6 nitrogen and oxygen atoms in total. The lowest BCUT2D eigenvalue weighted by molar-refractivity contribution is -0.131. The number of nitrogens with zero attached hydrogens (tertiary/aromatic N) is 4. The number of rotatable bonds is 5. The number of benzene rings is 1. The molecule has 1 fully saturated rings. The van der Waals surface area contributed by atoms with Crippen molar-refractivity contribution in [3.8, 4) is 0 Å². The van der Waals surface area contributed by atoms with E-state index in [1.807, 2.05) is 21.5 Å². The Bertz CT molecular complexity index is 900. The summed E-state index contributed by atoms with van der Waals surface area (Å²) in [4.78, 5) is 28.9. The average molecular weight is 398 g/mol. The van der Waals surface area contributed by atoms with E-state index in [-0.39, 0.29) is 24.1 Å². The molecule has 2 aliphatic rings. The molecule has 0 atom stereocenters. The molecule has 1 saturated heterocycles. The van der Waals surface area contributed by atoms with Crippen LogP contribution in [0.1, 0.15) is 41.8 Å². The van der Waals surface area contributed by atoms with Gasteiger partial charge in [0.15, 0.2) is 0 Å². The maximum atomic E-state index is 13.1. The van der Waals surface area contributed by atoms with Crippen LogP contribution in [0.3, 0.4) is 0 Å². The number of carbonyl (C=O) groups is 2. The fourth-order valence-corrected chi connectivity index (χ4v) is 4.32. The van der Waals surface area contributed by atoms with Gasteiger partial charge in [0.25, 0.3) is 0 Å². The van der Waals surface area contributed by atoms with Crippen molar-refractivity contribution >= 4 is 11.8 Å². The number of halogens is 1. The second-order valence-electron chi connectivity index (χ2n) is 7.95. The number of aromatic nitrogens is 2. The van der Waals surface area contributed by atoms with Gasteiger partial charge < -0.3 is 9.80 Å². The van der Waals surface area contributed by atoms with Crippen LogP contribution in [-0.2, 0) is 42.4 Å². The summed E-state index contributed by atoms with van der Waals surface area (Å²) >= 11 is 0. The number of likely N-dealkylation sites (tertiary alicyclic amines) is 1. The molecule has 154 valence electrons. The highest BCUT2D eigenvalue weighted by atomic mass is 19.1. The first-order chi connectivity index (χ1) is 14.0. The monoisotopic (exact) mass is 398 g/mol. The Kier molecular flexibility index (Phi) is 5.65. The zero-order chi connectivity index (χ0) is 20.4. The first-order valence-corrected chi connectivity index (χ1v) is 10.3. The predicted molar refractivity (Wildman–Crippen MR) is 107 cm³/mol. The first kappa shape index (κ1) is 19.6. The topological polar surface area (TPSA) is 58.4 Å². The van der Waals surface area contributed by atoms with E-state index in [9.17, 15) is 14.0 Å². The van der Waals surface area contributed by atoms with Crippen molar-refractivity contribution in [1.29, 1.82) is 0 Å². The predicted octanol–water partition coefficient (Wildman–Crippen LogP) is 2.24. The van der Waals surface area contributed by atoms with Gasteiger partial charge in [-0.25, -0.2) is 4.39 Å². The quantitative estimate of drug-likeness (QED) is 0.776. The molecular weight excluding hydrogens is 371 g/mol. The van der Waals surface area contributed by atoms with E-state index in [0.29, 0.717) is 25.9 Å². The summed E-state index contributed by atoms with van der Waals surface area (Å²) in [7, 11) is 1.93. The van der Waals surface area contributed by atoms with Crippen LogP contribution in [0, 0.1) is 5.82 Å². The average Bonchev–Trinajstić information content (AvgIpc) is 3.36. The van der Waals surface area contributed by atoms with Crippen LogP contribution in [-0.4, -0.2) is 51.0 Å². The van der Waals surface area contributed by atoms with Crippen molar-refractivity contribution in [3.05, 3.63) is 52.6 Å². The van der Waals surface area contributed by atoms with Gasteiger partial charge in [-0.3, -0.25) is 14.3 Å². The van der Waals surface area contributed by atoms with Gasteiger partial charge in [0.05, 0.1) is 12.1 Å². The molecule has 7 heteroatoms. The fourth-order valence-electron chi connectivity index (χ4n) is 4.32. The zero-order valence-electron chi connectivity index (χ0n) is 16.9. The van der Waals surface area contributed by atoms with Gasteiger partial charge in [0.2, 0.25) is 11.8 Å². The molecule has 0 saturated carbocycles. The first-order valence-electron chi connectivity index (χ1n) is 10.3. The molecule has 3 heterocycles. The maximum Gasteiger partial charge on any atom is 0.227 e. The van der Waals surface area contributed by atoms with Gasteiger partial charge in [0, 0.05) is 63.7 Å². The van der Waals surface area contributed by atoms with Crippen molar-refractivity contribution in [1.82, 2.24) is 19.6 Å². The number of aryl methyl sites for hydroxylation is 2. The zero-order valence-corrected chi connectivity index (χ0v) is 16.9. The Morgan fingerprint density at radius 3 is 2.48 bits per heavy atom. The Hall–Kier alpha value is -2.70. The van der Waals surface area contributed by atoms with Crippen LogP contribution in [0.5, 0.6) is 0 Å². The van der Waals surface area contributed by atoms with E-state index in [1.54, 1.807) is 12.1 Å². The second-order valence-corrected chi connectivity index (χ2v) is 7.95. The van der Waals surface area contributed by atoms with Gasteiger partial charge in [-0.1, -0.05) is 12.1 Å². The van der Waals surface area contributed by atoms with E-state index < -0.39 is 0 Å². The number of carbonyl (C=O) groups excluding carboxylic acids is 2. The van der Waals surface area contributed by atoms with Crippen LogP contribution in [0.15, 0.2) is 24.3 Å². The number of hydrogen-bond acceptors (Lipinski definition) is 3. The van der Waals surface area contributed by atoms with E-state index in [1.165, 1.54) is 12.1 Å². The molecule has 2 amide bonds. The van der Waals surface area contributed by atoms with Crippen LogP contribution >= 0.6 is 0 Å². The van der Waals surface area contributed by atoms with Crippen molar-refractivity contribution in [3.63, 3.8) is 0 Å². The minimum absolute atomic E-state index is 0.0326. The molecule has 0 bridgehead atoms. The normalized spacial score (nSPS) is 16.2. The molecule has 0 spiro atoms. The Morgan fingerprint density at radius 1 is 1.03 bits per heavy atom. The minimum Gasteiger partial charge on any atom is -0.343 e. The number of amides is 2. The molecule has 2 aliphatic heterocycles. The molecule has 1 aromatic heterocycles.